The van der Waals surface area contributed by atoms with E-state index in [9.17, 15) is 14.7 Å². The van der Waals surface area contributed by atoms with Gasteiger partial charge in [0, 0.05) is 58.4 Å². The maximum Gasteiger partial charge on any atom is 0.410 e. The SMILES string of the molecule is CNc1nnc(-c2ccccc2O)cc1N1CCN(C(=O)N2CCOC3(CCN(C(=O)OC(C)(C)C)CC3)C2)CC1. The molecule has 0 bridgehead atoms. The van der Waals surface area contributed by atoms with Crippen LogP contribution >= 0.6 is 0 Å². The van der Waals surface area contributed by atoms with Crippen LogP contribution in [-0.4, -0.2) is 119 Å². The van der Waals surface area contributed by atoms with Gasteiger partial charge in [-0.2, -0.15) is 0 Å². The number of hydrogen-bond acceptors (Lipinski definition) is 9. The molecule has 222 valence electrons. The smallest absolute Gasteiger partial charge is 0.410 e. The lowest BCUT2D eigenvalue weighted by Crippen LogP contribution is -2.61. The maximum absolute atomic E-state index is 13.6. The van der Waals surface area contributed by atoms with E-state index >= 15 is 0 Å². The summed E-state index contributed by atoms with van der Waals surface area (Å²) in [6.45, 7) is 10.7. The van der Waals surface area contributed by atoms with Crippen LogP contribution in [0.5, 0.6) is 5.75 Å². The van der Waals surface area contributed by atoms with Crippen molar-refractivity contribution >= 4 is 23.6 Å². The second-order valence-corrected chi connectivity index (χ2v) is 11.9. The van der Waals surface area contributed by atoms with Gasteiger partial charge < -0.3 is 39.5 Å². The van der Waals surface area contributed by atoms with Crippen LogP contribution in [-0.2, 0) is 9.47 Å². The van der Waals surface area contributed by atoms with Crippen LogP contribution in [0.3, 0.4) is 0 Å². The number of carbonyl (C=O) groups is 2. The van der Waals surface area contributed by atoms with Gasteiger partial charge in [0.25, 0.3) is 0 Å². The van der Waals surface area contributed by atoms with E-state index in [2.05, 4.69) is 20.4 Å². The zero-order valence-electron chi connectivity index (χ0n) is 24.4. The molecule has 3 aliphatic heterocycles. The predicted molar refractivity (Wildman–Crippen MR) is 155 cm³/mol. The van der Waals surface area contributed by atoms with Gasteiger partial charge in [-0.1, -0.05) is 12.1 Å². The van der Waals surface area contributed by atoms with Gasteiger partial charge in [-0.3, -0.25) is 0 Å². The number of carbonyl (C=O) groups excluding carboxylic acids is 2. The van der Waals surface area contributed by atoms with Crippen LogP contribution in [0.15, 0.2) is 30.3 Å². The van der Waals surface area contributed by atoms with Crippen molar-refractivity contribution in [1.82, 2.24) is 24.9 Å². The number of amides is 3. The lowest BCUT2D eigenvalue weighted by atomic mass is 9.89. The molecule has 3 aliphatic rings. The molecule has 1 aromatic carbocycles. The van der Waals surface area contributed by atoms with E-state index in [4.69, 9.17) is 9.47 Å². The number of benzene rings is 1. The standard InChI is InChI=1S/C29H41N7O5/c1-28(2,3)41-27(39)35-11-9-29(10-12-35)20-36(17-18-40-29)26(38)34-15-13-33(14-16-34)23-19-22(31-32-25(23)30-4)21-7-5-6-8-24(21)37/h5-8,19,37H,9-18,20H2,1-4H3,(H,30,32). The van der Waals surface area contributed by atoms with Crippen molar-refractivity contribution in [3.8, 4) is 17.0 Å². The van der Waals surface area contributed by atoms with Crippen molar-refractivity contribution in [3.63, 3.8) is 0 Å². The lowest BCUT2D eigenvalue weighted by molar-refractivity contribution is -0.126. The van der Waals surface area contributed by atoms with Crippen LogP contribution in [0, 0.1) is 0 Å². The molecular formula is C29H41N7O5. The molecule has 1 aromatic heterocycles. The number of likely N-dealkylation sites (tertiary alicyclic amines) is 1. The van der Waals surface area contributed by atoms with E-state index in [1.165, 1.54) is 0 Å². The Labute approximate surface area is 241 Å². The maximum atomic E-state index is 13.6. The number of piperidine rings is 1. The van der Waals surface area contributed by atoms with Crippen molar-refractivity contribution in [2.24, 2.45) is 0 Å². The number of aromatic nitrogens is 2. The highest BCUT2D eigenvalue weighted by molar-refractivity contribution is 5.77. The molecule has 5 rings (SSSR count). The first-order valence-electron chi connectivity index (χ1n) is 14.3. The lowest BCUT2D eigenvalue weighted by Gasteiger charge is -2.48. The van der Waals surface area contributed by atoms with Crippen LogP contribution < -0.4 is 10.2 Å². The van der Waals surface area contributed by atoms with Crippen molar-refractivity contribution in [1.29, 1.82) is 0 Å². The molecule has 3 saturated heterocycles. The summed E-state index contributed by atoms with van der Waals surface area (Å²) in [5, 5.41) is 22.1. The fourth-order valence-corrected chi connectivity index (χ4v) is 5.70. The second-order valence-electron chi connectivity index (χ2n) is 11.9. The number of nitrogens with zero attached hydrogens (tertiary/aromatic N) is 6. The van der Waals surface area contributed by atoms with Gasteiger partial charge in [0.15, 0.2) is 5.82 Å². The third-order valence-corrected chi connectivity index (χ3v) is 7.93. The Morgan fingerprint density at radius 2 is 1.68 bits per heavy atom. The quantitative estimate of drug-likeness (QED) is 0.575. The van der Waals surface area contributed by atoms with Gasteiger partial charge in [0.1, 0.15) is 11.4 Å². The summed E-state index contributed by atoms with van der Waals surface area (Å²) in [5.41, 5.74) is 1.13. The second kappa shape index (κ2) is 11.6. The highest BCUT2D eigenvalue weighted by Crippen LogP contribution is 2.34. The number of phenolic OH excluding ortho intramolecular Hbond substituents is 1. The minimum Gasteiger partial charge on any atom is -0.507 e. The molecule has 0 atom stereocenters. The third-order valence-electron chi connectivity index (χ3n) is 7.93. The zero-order valence-corrected chi connectivity index (χ0v) is 24.4. The highest BCUT2D eigenvalue weighted by atomic mass is 16.6. The molecule has 12 nitrogen and oxygen atoms in total. The van der Waals surface area contributed by atoms with Crippen molar-refractivity contribution in [3.05, 3.63) is 30.3 Å². The summed E-state index contributed by atoms with van der Waals surface area (Å²) in [6.07, 6.45) is 1.04. The van der Waals surface area contributed by atoms with Crippen molar-refractivity contribution in [2.45, 2.75) is 44.8 Å². The Morgan fingerprint density at radius 1 is 0.976 bits per heavy atom. The van der Waals surface area contributed by atoms with Gasteiger partial charge in [-0.05, 0) is 51.8 Å². The summed E-state index contributed by atoms with van der Waals surface area (Å²) < 4.78 is 11.8. The molecule has 1 spiro atoms. The minimum absolute atomic E-state index is 0.0264. The number of aromatic hydroxyl groups is 1. The first kappa shape index (κ1) is 28.7. The van der Waals surface area contributed by atoms with Crippen LogP contribution in [0.1, 0.15) is 33.6 Å². The van der Waals surface area contributed by atoms with Crippen LogP contribution in [0.2, 0.25) is 0 Å². The van der Waals surface area contributed by atoms with E-state index in [0.717, 1.165) is 5.69 Å². The molecule has 0 saturated carbocycles. The topological polar surface area (TPSA) is 124 Å². The average Bonchev–Trinajstić information content (AvgIpc) is 2.96. The summed E-state index contributed by atoms with van der Waals surface area (Å²) >= 11 is 0. The van der Waals surface area contributed by atoms with Gasteiger partial charge in [0.05, 0.1) is 30.1 Å². The Kier molecular flexibility index (Phi) is 8.12. The molecule has 2 N–H and O–H groups in total. The number of para-hydroxylation sites is 1. The van der Waals surface area contributed by atoms with Gasteiger partial charge >= 0.3 is 12.1 Å². The van der Waals surface area contributed by atoms with Gasteiger partial charge in [0.2, 0.25) is 0 Å². The molecule has 12 heteroatoms. The number of piperazine rings is 1. The number of ether oxygens (including phenoxy) is 2. The fourth-order valence-electron chi connectivity index (χ4n) is 5.70. The summed E-state index contributed by atoms with van der Waals surface area (Å²) in [5.74, 6) is 0.802. The predicted octanol–water partition coefficient (Wildman–Crippen LogP) is 3.23. The number of hydrogen-bond donors (Lipinski definition) is 2. The third kappa shape index (κ3) is 6.42. The van der Waals surface area contributed by atoms with Crippen LogP contribution in [0.25, 0.3) is 11.3 Å². The van der Waals surface area contributed by atoms with Crippen molar-refractivity contribution in [2.75, 3.05) is 76.2 Å². The van der Waals surface area contributed by atoms with E-state index in [-0.39, 0.29) is 17.9 Å². The minimum atomic E-state index is -0.531. The number of phenols is 1. The summed E-state index contributed by atoms with van der Waals surface area (Å²) in [4.78, 5) is 33.8. The number of morpholine rings is 1. The van der Waals surface area contributed by atoms with E-state index in [1.54, 1.807) is 24.1 Å². The number of urea groups is 1. The van der Waals surface area contributed by atoms with Gasteiger partial charge in [-0.25, -0.2) is 9.59 Å². The highest BCUT2D eigenvalue weighted by Gasteiger charge is 2.43. The largest absolute Gasteiger partial charge is 0.507 e. The Hall–Kier alpha value is -3.80. The van der Waals surface area contributed by atoms with Crippen molar-refractivity contribution < 1.29 is 24.2 Å². The molecule has 4 heterocycles. The molecule has 2 aromatic rings. The fraction of sp³-hybridized carbons (Fsp3) is 0.586. The molecule has 41 heavy (non-hydrogen) atoms. The van der Waals surface area contributed by atoms with Crippen LogP contribution in [0.4, 0.5) is 21.1 Å². The number of rotatable bonds is 3. The average molecular weight is 568 g/mol. The first-order chi connectivity index (χ1) is 19.6. The molecule has 3 fully saturated rings. The molecule has 0 aliphatic carbocycles. The first-order valence-corrected chi connectivity index (χ1v) is 14.3. The Bertz CT molecular complexity index is 1250. The monoisotopic (exact) mass is 567 g/mol. The Balaban J connectivity index is 1.19. The molecular weight excluding hydrogens is 526 g/mol. The zero-order chi connectivity index (χ0) is 29.2. The summed E-state index contributed by atoms with van der Waals surface area (Å²) in [6, 6.07) is 9.03. The Morgan fingerprint density at radius 3 is 2.34 bits per heavy atom. The van der Waals surface area contributed by atoms with Gasteiger partial charge in [-0.15, -0.1) is 10.2 Å². The van der Waals surface area contributed by atoms with E-state index in [0.29, 0.717) is 88.9 Å². The van der Waals surface area contributed by atoms with E-state index in [1.807, 2.05) is 48.8 Å². The van der Waals surface area contributed by atoms with E-state index < -0.39 is 11.2 Å². The number of anilines is 2. The number of nitrogens with one attached hydrogen (secondary N) is 1. The normalized spacial score (nSPS) is 19.3. The molecule has 0 unspecified atom stereocenters. The molecule has 3 amide bonds. The molecule has 0 radical (unpaired) electrons. The summed E-state index contributed by atoms with van der Waals surface area (Å²) in [7, 11) is 1.80.